The average Bonchev–Trinajstić information content (AvgIpc) is 3.19. The number of rotatable bonds is 5. The molecule has 0 radical (unpaired) electrons. The van der Waals surface area contributed by atoms with Gasteiger partial charge in [-0.2, -0.15) is 0 Å². The lowest BCUT2D eigenvalue weighted by Gasteiger charge is -2.27. The Morgan fingerprint density at radius 3 is 2.87 bits per heavy atom. The summed E-state index contributed by atoms with van der Waals surface area (Å²) in [6.45, 7) is 4.36. The van der Waals surface area contributed by atoms with Gasteiger partial charge in [0, 0.05) is 12.8 Å². The van der Waals surface area contributed by atoms with E-state index in [1.54, 1.807) is 0 Å². The predicted octanol–water partition coefficient (Wildman–Crippen LogP) is -0.694. The third-order valence-electron chi connectivity index (χ3n) is 4.04. The Labute approximate surface area is 137 Å². The molecule has 1 aliphatic rings. The number of likely N-dealkylation sites (tertiary alicyclic amines) is 1. The highest BCUT2D eigenvalue weighted by Gasteiger charge is 2.29. The smallest absolute Gasteiger partial charge is 0.374 e. The fraction of sp³-hybridized carbons (Fsp3) is 0.571. The molecule has 124 valence electrons. The Kier molecular flexibility index (Phi) is 4.87. The standard InChI is InChI=1S/C14H19N5O3S/c1-2-22-13(20)11-5-7-17(8-6-11)10-18-14(21)19(16-15-18)12-4-3-9-23-12/h3-4,9,11H,2,5-8,10H2,1H3/p+1. The molecule has 0 aromatic carbocycles. The average molecular weight is 338 g/mol. The van der Waals surface area contributed by atoms with Crippen molar-refractivity contribution in [2.75, 3.05) is 19.7 Å². The summed E-state index contributed by atoms with van der Waals surface area (Å²) in [6, 6.07) is 3.71. The van der Waals surface area contributed by atoms with E-state index in [-0.39, 0.29) is 17.6 Å². The molecule has 0 unspecified atom stereocenters. The van der Waals surface area contributed by atoms with E-state index >= 15 is 0 Å². The molecule has 23 heavy (non-hydrogen) atoms. The number of esters is 1. The number of aromatic nitrogens is 4. The van der Waals surface area contributed by atoms with E-state index in [1.165, 1.54) is 25.6 Å². The highest BCUT2D eigenvalue weighted by atomic mass is 32.1. The summed E-state index contributed by atoms with van der Waals surface area (Å²) in [4.78, 5) is 25.3. The van der Waals surface area contributed by atoms with E-state index in [4.69, 9.17) is 4.74 Å². The van der Waals surface area contributed by atoms with Crippen molar-refractivity contribution in [1.29, 1.82) is 0 Å². The van der Waals surface area contributed by atoms with Crippen LogP contribution in [0.5, 0.6) is 0 Å². The minimum absolute atomic E-state index is 0.0165. The van der Waals surface area contributed by atoms with Gasteiger partial charge in [-0.25, -0.2) is 4.79 Å². The van der Waals surface area contributed by atoms with Crippen LogP contribution < -0.4 is 10.6 Å². The van der Waals surface area contributed by atoms with Crippen LogP contribution in [0.4, 0.5) is 0 Å². The van der Waals surface area contributed by atoms with Crippen molar-refractivity contribution < 1.29 is 14.4 Å². The van der Waals surface area contributed by atoms with Crippen molar-refractivity contribution in [3.05, 3.63) is 28.0 Å². The number of nitrogens with zero attached hydrogens (tertiary/aromatic N) is 4. The van der Waals surface area contributed by atoms with Crippen LogP contribution in [0.3, 0.4) is 0 Å². The molecule has 0 bridgehead atoms. The summed E-state index contributed by atoms with van der Waals surface area (Å²) < 4.78 is 7.77. The molecule has 1 N–H and O–H groups in total. The lowest BCUT2D eigenvalue weighted by Crippen LogP contribution is -3.12. The van der Waals surface area contributed by atoms with Crippen molar-refractivity contribution in [1.82, 2.24) is 19.8 Å². The van der Waals surface area contributed by atoms with E-state index < -0.39 is 0 Å². The molecule has 1 aliphatic heterocycles. The van der Waals surface area contributed by atoms with Crippen molar-refractivity contribution in [3.63, 3.8) is 0 Å². The van der Waals surface area contributed by atoms with Gasteiger partial charge in [-0.15, -0.1) is 20.7 Å². The summed E-state index contributed by atoms with van der Waals surface area (Å²) in [5, 5.41) is 10.5. The van der Waals surface area contributed by atoms with Crippen LogP contribution in [0.25, 0.3) is 5.00 Å². The van der Waals surface area contributed by atoms with E-state index in [9.17, 15) is 9.59 Å². The van der Waals surface area contributed by atoms with Gasteiger partial charge in [0.1, 0.15) is 5.00 Å². The maximum atomic E-state index is 12.3. The summed E-state index contributed by atoms with van der Waals surface area (Å²) in [5.41, 5.74) is -0.229. The number of carbonyl (C=O) groups is 1. The lowest BCUT2D eigenvalue weighted by molar-refractivity contribution is -0.929. The van der Waals surface area contributed by atoms with Gasteiger partial charge >= 0.3 is 11.7 Å². The van der Waals surface area contributed by atoms with Gasteiger partial charge in [-0.1, -0.05) is 0 Å². The molecule has 2 aromatic rings. The largest absolute Gasteiger partial charge is 0.466 e. The zero-order valence-electron chi connectivity index (χ0n) is 13.0. The summed E-state index contributed by atoms with van der Waals surface area (Å²) in [6.07, 6.45) is 1.56. The molecule has 8 nitrogen and oxygen atoms in total. The SMILES string of the molecule is CCOC(=O)C1CC[NH+](Cn2nnn(-c3cccs3)c2=O)CC1. The van der Waals surface area contributed by atoms with Crippen molar-refractivity contribution in [2.24, 2.45) is 5.92 Å². The molecular weight excluding hydrogens is 318 g/mol. The highest BCUT2D eigenvalue weighted by molar-refractivity contribution is 7.12. The number of piperidine rings is 1. The van der Waals surface area contributed by atoms with Crippen LogP contribution in [-0.4, -0.2) is 45.5 Å². The molecule has 0 saturated carbocycles. The van der Waals surface area contributed by atoms with Crippen LogP contribution in [0.15, 0.2) is 22.3 Å². The fourth-order valence-corrected chi connectivity index (χ4v) is 3.46. The number of ether oxygens (including phenoxy) is 1. The quantitative estimate of drug-likeness (QED) is 0.730. The van der Waals surface area contributed by atoms with Gasteiger partial charge in [0.15, 0.2) is 6.67 Å². The summed E-state index contributed by atoms with van der Waals surface area (Å²) >= 11 is 1.45. The first-order valence-corrected chi connectivity index (χ1v) is 8.64. The van der Waals surface area contributed by atoms with Gasteiger partial charge in [0.2, 0.25) is 0 Å². The van der Waals surface area contributed by atoms with Crippen LogP contribution in [0.2, 0.25) is 0 Å². The van der Waals surface area contributed by atoms with Crippen LogP contribution in [0, 0.1) is 5.92 Å². The van der Waals surface area contributed by atoms with Crippen molar-refractivity contribution >= 4 is 17.3 Å². The molecule has 3 heterocycles. The third kappa shape index (κ3) is 3.50. The van der Waals surface area contributed by atoms with Crippen LogP contribution in [0.1, 0.15) is 19.8 Å². The van der Waals surface area contributed by atoms with Crippen LogP contribution in [-0.2, 0) is 16.2 Å². The molecule has 9 heteroatoms. The van der Waals surface area contributed by atoms with Crippen molar-refractivity contribution in [2.45, 2.75) is 26.4 Å². The number of hydrogen-bond donors (Lipinski definition) is 1. The van der Waals surface area contributed by atoms with Gasteiger partial charge in [-0.05, 0) is 34.9 Å². The molecule has 0 spiro atoms. The Balaban J connectivity index is 1.59. The molecular formula is C14H20N5O3S+. The van der Waals surface area contributed by atoms with E-state index in [0.29, 0.717) is 13.3 Å². The normalized spacial score (nSPS) is 21.3. The first-order valence-electron chi connectivity index (χ1n) is 7.76. The summed E-state index contributed by atoms with van der Waals surface area (Å²) in [7, 11) is 0. The predicted molar refractivity (Wildman–Crippen MR) is 83.5 cm³/mol. The first kappa shape index (κ1) is 15.9. The number of thiophene rings is 1. The van der Waals surface area contributed by atoms with Gasteiger partial charge in [0.05, 0.1) is 25.6 Å². The number of nitrogens with one attached hydrogen (secondary N) is 1. The maximum absolute atomic E-state index is 12.3. The monoisotopic (exact) mass is 338 g/mol. The third-order valence-corrected chi connectivity index (χ3v) is 4.88. The first-order chi connectivity index (χ1) is 11.2. The number of quaternary nitrogens is 1. The number of carbonyl (C=O) groups excluding carboxylic acids is 1. The highest BCUT2D eigenvalue weighted by Crippen LogP contribution is 2.12. The number of tetrazole rings is 1. The minimum atomic E-state index is -0.229. The molecule has 0 aliphatic carbocycles. The fourth-order valence-electron chi connectivity index (χ4n) is 2.79. The Morgan fingerprint density at radius 2 is 2.22 bits per heavy atom. The Hall–Kier alpha value is -2.00. The molecule has 0 atom stereocenters. The minimum Gasteiger partial charge on any atom is -0.466 e. The second kappa shape index (κ2) is 7.05. The van der Waals surface area contributed by atoms with E-state index in [2.05, 4.69) is 10.4 Å². The molecule has 1 fully saturated rings. The molecule has 1 saturated heterocycles. The zero-order valence-corrected chi connectivity index (χ0v) is 13.8. The van der Waals surface area contributed by atoms with Crippen LogP contribution >= 0.6 is 11.3 Å². The van der Waals surface area contributed by atoms with E-state index in [0.717, 1.165) is 30.9 Å². The topological polar surface area (TPSA) is 83.4 Å². The Bertz CT molecular complexity index is 700. The van der Waals surface area contributed by atoms with Gasteiger partial charge in [0.25, 0.3) is 0 Å². The number of hydrogen-bond acceptors (Lipinski definition) is 6. The Morgan fingerprint density at radius 1 is 1.43 bits per heavy atom. The summed E-state index contributed by atoms with van der Waals surface area (Å²) in [5.74, 6) is -0.121. The second-order valence-electron chi connectivity index (χ2n) is 5.56. The molecule has 0 amide bonds. The maximum Gasteiger partial charge on any atom is 0.374 e. The van der Waals surface area contributed by atoms with E-state index in [1.807, 2.05) is 24.4 Å². The second-order valence-corrected chi connectivity index (χ2v) is 6.48. The molecule has 2 aromatic heterocycles. The molecule has 3 rings (SSSR count). The van der Waals surface area contributed by atoms with Gasteiger partial charge in [-0.3, -0.25) is 4.79 Å². The van der Waals surface area contributed by atoms with Gasteiger partial charge < -0.3 is 9.64 Å². The van der Waals surface area contributed by atoms with Crippen molar-refractivity contribution in [3.8, 4) is 5.00 Å². The lowest BCUT2D eigenvalue weighted by atomic mass is 9.97. The zero-order chi connectivity index (χ0) is 16.2.